The van der Waals surface area contributed by atoms with Gasteiger partial charge in [0.05, 0.1) is 5.69 Å². The SMILES string of the molecule is c1ccc(-c2ccc(N(c3ccc(-c4ccccc4)cc3)c3ccc(-c4ccc5c(c4)oc4ccccc45)c4c3oc3ccccc34)cc2)cc1. The summed E-state index contributed by atoms with van der Waals surface area (Å²) >= 11 is 0. The first kappa shape index (κ1) is 29.1. The molecule has 3 heteroatoms. The molecule has 0 atom stereocenters. The van der Waals surface area contributed by atoms with Crippen molar-refractivity contribution in [3.05, 3.63) is 188 Å². The molecule has 0 aliphatic carbocycles. The Bertz CT molecular complexity index is 2750. The van der Waals surface area contributed by atoms with Gasteiger partial charge in [0.25, 0.3) is 0 Å². The fraction of sp³-hybridized carbons (Fsp3) is 0. The normalized spacial score (nSPS) is 11.5. The molecule has 240 valence electrons. The van der Waals surface area contributed by atoms with E-state index in [1.54, 1.807) is 0 Å². The van der Waals surface area contributed by atoms with Crippen LogP contribution in [0.2, 0.25) is 0 Å². The quantitative estimate of drug-likeness (QED) is 0.179. The number of furan rings is 2. The molecule has 0 aliphatic heterocycles. The average molecular weight is 654 g/mol. The van der Waals surface area contributed by atoms with Crippen molar-refractivity contribution in [3.8, 4) is 33.4 Å². The van der Waals surface area contributed by atoms with Gasteiger partial charge in [-0.2, -0.15) is 0 Å². The topological polar surface area (TPSA) is 29.5 Å². The van der Waals surface area contributed by atoms with Crippen molar-refractivity contribution in [3.63, 3.8) is 0 Å². The predicted molar refractivity (Wildman–Crippen MR) is 212 cm³/mol. The molecule has 8 aromatic carbocycles. The molecule has 2 aromatic heterocycles. The summed E-state index contributed by atoms with van der Waals surface area (Å²) in [6, 6.07) is 66.1. The third-order valence-corrected chi connectivity index (χ3v) is 9.90. The molecule has 0 N–H and O–H groups in total. The lowest BCUT2D eigenvalue weighted by molar-refractivity contribution is 0.668. The number of para-hydroxylation sites is 2. The van der Waals surface area contributed by atoms with Crippen LogP contribution in [0, 0.1) is 0 Å². The maximum atomic E-state index is 6.83. The third-order valence-electron chi connectivity index (χ3n) is 9.90. The molecule has 0 unspecified atom stereocenters. The predicted octanol–water partition coefficient (Wildman–Crippen LogP) is 14.0. The lowest BCUT2D eigenvalue weighted by Crippen LogP contribution is -2.10. The summed E-state index contributed by atoms with van der Waals surface area (Å²) < 4.78 is 13.2. The molecule has 0 saturated heterocycles. The van der Waals surface area contributed by atoms with Crippen LogP contribution in [0.3, 0.4) is 0 Å². The first-order valence-electron chi connectivity index (χ1n) is 17.3. The monoisotopic (exact) mass is 653 g/mol. The molecule has 0 fully saturated rings. The smallest absolute Gasteiger partial charge is 0.160 e. The first-order chi connectivity index (χ1) is 25.3. The van der Waals surface area contributed by atoms with Gasteiger partial charge in [-0.15, -0.1) is 0 Å². The molecule has 0 spiro atoms. The van der Waals surface area contributed by atoms with E-state index < -0.39 is 0 Å². The van der Waals surface area contributed by atoms with Gasteiger partial charge in [-0.1, -0.05) is 133 Å². The minimum Gasteiger partial charge on any atom is -0.456 e. The molecule has 51 heavy (non-hydrogen) atoms. The Hall–Kier alpha value is -6.84. The summed E-state index contributed by atoms with van der Waals surface area (Å²) in [5.41, 5.74) is 13.4. The molecule has 0 bridgehead atoms. The van der Waals surface area contributed by atoms with Crippen LogP contribution in [0.1, 0.15) is 0 Å². The van der Waals surface area contributed by atoms with Crippen LogP contribution < -0.4 is 4.90 Å². The molecule has 0 amide bonds. The first-order valence-corrected chi connectivity index (χ1v) is 17.3. The molecule has 3 nitrogen and oxygen atoms in total. The second-order valence-electron chi connectivity index (χ2n) is 12.9. The van der Waals surface area contributed by atoms with E-state index in [4.69, 9.17) is 8.83 Å². The number of rotatable bonds is 6. The van der Waals surface area contributed by atoms with Crippen molar-refractivity contribution in [1.29, 1.82) is 0 Å². The van der Waals surface area contributed by atoms with Gasteiger partial charge in [-0.25, -0.2) is 0 Å². The van der Waals surface area contributed by atoms with Gasteiger partial charge in [-0.3, -0.25) is 0 Å². The van der Waals surface area contributed by atoms with Gasteiger partial charge in [-0.05, 0) is 88.0 Å². The second kappa shape index (κ2) is 11.9. The maximum absolute atomic E-state index is 6.83. The largest absolute Gasteiger partial charge is 0.456 e. The van der Waals surface area contributed by atoms with Crippen molar-refractivity contribution in [2.75, 3.05) is 4.90 Å². The number of hydrogen-bond acceptors (Lipinski definition) is 3. The number of nitrogens with zero attached hydrogens (tertiary/aromatic N) is 1. The zero-order chi connectivity index (χ0) is 33.7. The minimum absolute atomic E-state index is 0.831. The van der Waals surface area contributed by atoms with E-state index in [0.29, 0.717) is 0 Å². The van der Waals surface area contributed by atoms with Crippen molar-refractivity contribution in [2.45, 2.75) is 0 Å². The van der Waals surface area contributed by atoms with E-state index in [2.05, 4.69) is 175 Å². The van der Waals surface area contributed by atoms with Crippen LogP contribution in [0.5, 0.6) is 0 Å². The Kier molecular flexibility index (Phi) is 6.81. The summed E-state index contributed by atoms with van der Waals surface area (Å²) in [5, 5.41) is 4.39. The van der Waals surface area contributed by atoms with Crippen molar-refractivity contribution in [1.82, 2.24) is 0 Å². The Morgan fingerprint density at radius 3 is 1.45 bits per heavy atom. The molecular weight excluding hydrogens is 623 g/mol. The number of fused-ring (bicyclic) bond motifs is 6. The van der Waals surface area contributed by atoms with Crippen LogP contribution in [0.15, 0.2) is 197 Å². The van der Waals surface area contributed by atoms with Crippen molar-refractivity contribution >= 4 is 60.9 Å². The Morgan fingerprint density at radius 1 is 0.333 bits per heavy atom. The highest BCUT2D eigenvalue weighted by Gasteiger charge is 2.23. The van der Waals surface area contributed by atoms with Crippen LogP contribution in [0.4, 0.5) is 17.1 Å². The van der Waals surface area contributed by atoms with Crippen LogP contribution in [-0.4, -0.2) is 0 Å². The van der Waals surface area contributed by atoms with Crippen molar-refractivity contribution in [2.24, 2.45) is 0 Å². The molecule has 2 heterocycles. The Morgan fingerprint density at radius 2 is 0.824 bits per heavy atom. The summed E-state index contributed by atoms with van der Waals surface area (Å²) in [7, 11) is 0. The fourth-order valence-corrected chi connectivity index (χ4v) is 7.42. The highest BCUT2D eigenvalue weighted by Crippen LogP contribution is 2.46. The van der Waals surface area contributed by atoms with E-state index in [1.807, 2.05) is 18.2 Å². The Labute approximate surface area is 295 Å². The second-order valence-corrected chi connectivity index (χ2v) is 12.9. The summed E-state index contributed by atoms with van der Waals surface area (Å²) in [5.74, 6) is 0. The highest BCUT2D eigenvalue weighted by atomic mass is 16.3. The number of hydrogen-bond donors (Lipinski definition) is 0. The minimum atomic E-state index is 0.831. The maximum Gasteiger partial charge on any atom is 0.160 e. The van der Waals surface area contributed by atoms with E-state index in [1.165, 1.54) is 22.3 Å². The number of benzene rings is 8. The zero-order valence-electron chi connectivity index (χ0n) is 27.7. The molecule has 10 aromatic rings. The summed E-state index contributed by atoms with van der Waals surface area (Å²) in [4.78, 5) is 2.31. The van der Waals surface area contributed by atoms with Gasteiger partial charge in [0.15, 0.2) is 5.58 Å². The standard InChI is InChI=1S/C48H31NO2/c1-3-11-32(12-4-1)34-19-24-37(25-20-34)49(38-26-21-35(22-27-38)33-13-5-2-6-14-33)43-30-29-39(47-42-16-8-10-18-45(42)51-48(43)47)36-23-28-41-40-15-7-9-17-44(40)50-46(41)31-36/h1-31H. The lowest BCUT2D eigenvalue weighted by atomic mass is 9.97. The van der Waals surface area contributed by atoms with Crippen LogP contribution in [-0.2, 0) is 0 Å². The molecule has 0 radical (unpaired) electrons. The summed E-state index contributed by atoms with van der Waals surface area (Å²) in [6.45, 7) is 0. The van der Waals surface area contributed by atoms with E-state index in [9.17, 15) is 0 Å². The lowest BCUT2D eigenvalue weighted by Gasteiger charge is -2.26. The molecule has 0 aliphatic rings. The van der Waals surface area contributed by atoms with Crippen LogP contribution >= 0.6 is 0 Å². The van der Waals surface area contributed by atoms with Gasteiger partial charge in [0.1, 0.15) is 16.7 Å². The Balaban J connectivity index is 1.17. The van der Waals surface area contributed by atoms with Gasteiger partial charge in [0, 0.05) is 32.9 Å². The van der Waals surface area contributed by atoms with Gasteiger partial charge >= 0.3 is 0 Å². The molecule has 10 rings (SSSR count). The van der Waals surface area contributed by atoms with Gasteiger partial charge in [0.2, 0.25) is 0 Å². The van der Waals surface area contributed by atoms with E-state index in [-0.39, 0.29) is 0 Å². The fourth-order valence-electron chi connectivity index (χ4n) is 7.42. The zero-order valence-corrected chi connectivity index (χ0v) is 27.7. The van der Waals surface area contributed by atoms with Gasteiger partial charge < -0.3 is 13.7 Å². The molecule has 0 saturated carbocycles. The van der Waals surface area contributed by atoms with Crippen molar-refractivity contribution < 1.29 is 8.83 Å². The number of anilines is 3. The average Bonchev–Trinajstić information content (AvgIpc) is 3.78. The highest BCUT2D eigenvalue weighted by molar-refractivity contribution is 6.17. The summed E-state index contributed by atoms with van der Waals surface area (Å²) in [6.07, 6.45) is 0. The molecular formula is C48H31NO2. The van der Waals surface area contributed by atoms with E-state index >= 15 is 0 Å². The van der Waals surface area contributed by atoms with Crippen LogP contribution in [0.25, 0.3) is 77.3 Å². The van der Waals surface area contributed by atoms with E-state index in [0.717, 1.165) is 72.1 Å². The third kappa shape index (κ3) is 4.98.